The summed E-state index contributed by atoms with van der Waals surface area (Å²) in [6, 6.07) is 17.0. The predicted octanol–water partition coefficient (Wildman–Crippen LogP) is 6.76. The smallest absolute Gasteiger partial charge is 0.416 e. The number of aryl methyl sites for hydroxylation is 1. The summed E-state index contributed by atoms with van der Waals surface area (Å²) in [4.78, 5) is 25.4. The summed E-state index contributed by atoms with van der Waals surface area (Å²) in [6.07, 6.45) is -4.43. The highest BCUT2D eigenvalue weighted by atomic mass is 32.2. The molecule has 0 unspecified atom stereocenters. The van der Waals surface area contributed by atoms with Gasteiger partial charge in [0.25, 0.3) is 0 Å². The number of alkyl halides is 3. The van der Waals surface area contributed by atoms with E-state index >= 15 is 0 Å². The summed E-state index contributed by atoms with van der Waals surface area (Å²) in [5.41, 5.74) is 1.69. The number of ether oxygens (including phenoxy) is 2. The first-order valence-corrected chi connectivity index (χ1v) is 15.9. The largest absolute Gasteiger partial charge is 0.496 e. The topological polar surface area (TPSA) is 137 Å². The van der Waals surface area contributed by atoms with Crippen molar-refractivity contribution in [1.29, 1.82) is 0 Å². The summed E-state index contributed by atoms with van der Waals surface area (Å²) >= 11 is 0. The van der Waals surface area contributed by atoms with Crippen molar-refractivity contribution in [2.24, 2.45) is 0 Å². The van der Waals surface area contributed by atoms with Crippen LogP contribution in [0.25, 0.3) is 22.5 Å². The van der Waals surface area contributed by atoms with Crippen LogP contribution in [0.3, 0.4) is 0 Å². The Morgan fingerprint density at radius 2 is 1.70 bits per heavy atom. The van der Waals surface area contributed by atoms with Gasteiger partial charge in [-0.1, -0.05) is 47.6 Å². The van der Waals surface area contributed by atoms with Gasteiger partial charge in [-0.2, -0.15) is 13.2 Å². The van der Waals surface area contributed by atoms with E-state index < -0.39 is 45.3 Å². The van der Waals surface area contributed by atoms with Gasteiger partial charge < -0.3 is 14.0 Å². The Hall–Kier alpha value is -4.85. The molecule has 3 aromatic carbocycles. The fourth-order valence-electron chi connectivity index (χ4n) is 5.11. The highest BCUT2D eigenvalue weighted by molar-refractivity contribution is 7.89. The van der Waals surface area contributed by atoms with Crippen molar-refractivity contribution in [3.63, 3.8) is 0 Å². The summed E-state index contributed by atoms with van der Waals surface area (Å²) < 4.78 is 81.1. The average Bonchev–Trinajstić information content (AvgIpc) is 3.74. The molecule has 46 heavy (non-hydrogen) atoms. The van der Waals surface area contributed by atoms with Gasteiger partial charge in [-0.15, -0.1) is 0 Å². The molecule has 0 spiro atoms. The number of hydrogen-bond donors (Lipinski definition) is 2. The molecule has 1 aliphatic rings. The first-order valence-electron chi connectivity index (χ1n) is 14.0. The molecule has 1 fully saturated rings. The Morgan fingerprint density at radius 3 is 2.30 bits per heavy atom. The first-order chi connectivity index (χ1) is 21.6. The molecule has 1 saturated carbocycles. The number of aromatic nitrogens is 1. The summed E-state index contributed by atoms with van der Waals surface area (Å²) in [5.74, 6) is 0.0136. The maximum atomic E-state index is 13.1. The Kier molecular flexibility index (Phi) is 8.60. The average molecular weight is 658 g/mol. The maximum absolute atomic E-state index is 13.1. The van der Waals surface area contributed by atoms with Crippen LogP contribution in [-0.4, -0.2) is 38.9 Å². The van der Waals surface area contributed by atoms with Crippen LogP contribution in [0.1, 0.15) is 48.3 Å². The molecule has 2 amide bonds. The fourth-order valence-corrected chi connectivity index (χ4v) is 5.64. The number of halogens is 3. The van der Waals surface area contributed by atoms with E-state index in [1.54, 1.807) is 37.3 Å². The van der Waals surface area contributed by atoms with Gasteiger partial charge in [0.2, 0.25) is 15.9 Å². The van der Waals surface area contributed by atoms with Gasteiger partial charge in [0.05, 0.1) is 29.9 Å². The molecule has 10 nitrogen and oxygen atoms in total. The van der Waals surface area contributed by atoms with Crippen molar-refractivity contribution in [2.45, 2.75) is 44.4 Å². The van der Waals surface area contributed by atoms with Gasteiger partial charge >= 0.3 is 12.3 Å². The minimum absolute atomic E-state index is 0.169. The lowest BCUT2D eigenvalue weighted by Gasteiger charge is -2.16. The van der Waals surface area contributed by atoms with E-state index in [0.717, 1.165) is 29.5 Å². The third-order valence-electron chi connectivity index (χ3n) is 7.74. The summed E-state index contributed by atoms with van der Waals surface area (Å²) in [6.45, 7) is 3.06. The SMILES string of the molecule is COc1cc(-c2ccc(C3(C(=O)NS(C)(=O)=O)CC3)cc2)ccc1-c1onc(C)c1NC(=O)O[C@H](C)c1cccc(C(F)(F)F)c1. The van der Waals surface area contributed by atoms with E-state index in [4.69, 9.17) is 14.0 Å². The number of methoxy groups -OCH3 is 1. The van der Waals surface area contributed by atoms with Crippen LogP contribution in [-0.2, 0) is 31.1 Å². The number of anilines is 1. The molecule has 0 aliphatic heterocycles. The standard InChI is InChI=1S/C32H30F3N3O7S/c1-18-27(36-30(40)44-19(2)21-6-5-7-24(16-21)32(33,34)35)28(45-37-18)25-13-10-22(17-26(25)43-3)20-8-11-23(12-9-20)31(14-15-31)29(39)38-46(4,41)42/h5-13,16-17,19H,14-15H2,1-4H3,(H,36,40)(H,38,39)/t19-/m1/s1. The zero-order valence-electron chi connectivity index (χ0n) is 25.2. The van der Waals surface area contributed by atoms with E-state index in [9.17, 15) is 31.2 Å². The highest BCUT2D eigenvalue weighted by Crippen LogP contribution is 2.49. The zero-order valence-corrected chi connectivity index (χ0v) is 26.0. The van der Waals surface area contributed by atoms with E-state index in [1.165, 1.54) is 26.2 Å². The quantitative estimate of drug-likeness (QED) is 0.202. The molecule has 14 heteroatoms. The molecule has 1 aliphatic carbocycles. The number of nitrogens with zero attached hydrogens (tertiary/aromatic N) is 1. The molecule has 1 heterocycles. The van der Waals surface area contributed by atoms with Crippen molar-refractivity contribution in [2.75, 3.05) is 18.7 Å². The van der Waals surface area contributed by atoms with Crippen LogP contribution in [0, 0.1) is 6.92 Å². The highest BCUT2D eigenvalue weighted by Gasteiger charge is 2.52. The maximum Gasteiger partial charge on any atom is 0.416 e. The first kappa shape index (κ1) is 32.5. The van der Waals surface area contributed by atoms with Crippen molar-refractivity contribution in [3.8, 4) is 28.2 Å². The molecule has 5 rings (SSSR count). The molecular weight excluding hydrogens is 627 g/mol. The number of hydrogen-bond acceptors (Lipinski definition) is 8. The lowest BCUT2D eigenvalue weighted by Crippen LogP contribution is -2.38. The minimum atomic E-state index is -4.54. The van der Waals surface area contributed by atoms with E-state index in [0.29, 0.717) is 35.4 Å². The third-order valence-corrected chi connectivity index (χ3v) is 8.29. The number of amides is 2. The summed E-state index contributed by atoms with van der Waals surface area (Å²) in [5, 5.41) is 6.54. The van der Waals surface area contributed by atoms with Crippen LogP contribution in [0.4, 0.5) is 23.7 Å². The number of carbonyl (C=O) groups excluding carboxylic acids is 2. The Balaban J connectivity index is 1.34. The molecule has 1 atom stereocenters. The van der Waals surface area contributed by atoms with Crippen LogP contribution in [0.15, 0.2) is 71.3 Å². The van der Waals surface area contributed by atoms with Gasteiger partial charge in [0.1, 0.15) is 23.2 Å². The van der Waals surface area contributed by atoms with Crippen molar-refractivity contribution in [1.82, 2.24) is 9.88 Å². The Bertz CT molecular complexity index is 1900. The minimum Gasteiger partial charge on any atom is -0.496 e. The van der Waals surface area contributed by atoms with Crippen LogP contribution in [0.2, 0.25) is 0 Å². The van der Waals surface area contributed by atoms with E-state index in [-0.39, 0.29) is 17.0 Å². The molecule has 2 N–H and O–H groups in total. The Morgan fingerprint density at radius 1 is 1.02 bits per heavy atom. The molecule has 0 bridgehead atoms. The third kappa shape index (κ3) is 6.86. The lowest BCUT2D eigenvalue weighted by atomic mass is 9.93. The Labute approximate surface area is 262 Å². The van der Waals surface area contributed by atoms with Gasteiger partial charge in [0.15, 0.2) is 5.76 Å². The van der Waals surface area contributed by atoms with Crippen LogP contribution in [0.5, 0.6) is 5.75 Å². The molecule has 0 radical (unpaired) electrons. The van der Waals surface area contributed by atoms with Gasteiger partial charge in [-0.25, -0.2) is 13.2 Å². The van der Waals surface area contributed by atoms with Gasteiger partial charge in [0, 0.05) is 0 Å². The molecule has 242 valence electrons. The summed E-state index contributed by atoms with van der Waals surface area (Å²) in [7, 11) is -2.22. The molecule has 4 aromatic rings. The number of rotatable bonds is 9. The van der Waals surface area contributed by atoms with E-state index in [1.807, 2.05) is 12.1 Å². The number of nitrogens with one attached hydrogen (secondary N) is 2. The van der Waals surface area contributed by atoms with Crippen molar-refractivity contribution in [3.05, 3.63) is 89.1 Å². The second-order valence-corrected chi connectivity index (χ2v) is 12.8. The number of sulfonamides is 1. The number of carbonyl (C=O) groups is 2. The van der Waals surface area contributed by atoms with Crippen molar-refractivity contribution < 1.29 is 45.2 Å². The number of benzene rings is 3. The van der Waals surface area contributed by atoms with Crippen molar-refractivity contribution >= 4 is 27.7 Å². The van der Waals surface area contributed by atoms with Gasteiger partial charge in [-0.05, 0) is 73.2 Å². The predicted molar refractivity (Wildman–Crippen MR) is 163 cm³/mol. The van der Waals surface area contributed by atoms with Gasteiger partial charge in [-0.3, -0.25) is 14.8 Å². The molecular formula is C32H30F3N3O7S. The van der Waals surface area contributed by atoms with Crippen LogP contribution >= 0.6 is 0 Å². The molecule has 1 aromatic heterocycles. The van der Waals surface area contributed by atoms with E-state index in [2.05, 4.69) is 15.2 Å². The monoisotopic (exact) mass is 657 g/mol. The zero-order chi connectivity index (χ0) is 33.4. The second kappa shape index (κ2) is 12.2. The van der Waals surface area contributed by atoms with Crippen LogP contribution < -0.4 is 14.8 Å². The fraction of sp³-hybridized carbons (Fsp3) is 0.281. The second-order valence-electron chi connectivity index (χ2n) is 11.0. The molecule has 0 saturated heterocycles. The lowest BCUT2D eigenvalue weighted by molar-refractivity contribution is -0.137. The normalized spacial score (nSPS) is 14.7.